The first-order chi connectivity index (χ1) is 7.74. The fourth-order valence-corrected chi connectivity index (χ4v) is 1.42. The van der Waals surface area contributed by atoms with E-state index < -0.39 is 5.82 Å². The van der Waals surface area contributed by atoms with Gasteiger partial charge in [-0.15, -0.1) is 6.58 Å². The Hall–Kier alpha value is -1.49. The van der Waals surface area contributed by atoms with Crippen molar-refractivity contribution in [3.8, 4) is 0 Å². The Morgan fingerprint density at radius 1 is 1.56 bits per heavy atom. The van der Waals surface area contributed by atoms with Gasteiger partial charge in [-0.2, -0.15) is 0 Å². The lowest BCUT2D eigenvalue weighted by atomic mass is 10.3. The topological polar surface area (TPSA) is 49.2 Å². The molecule has 16 heavy (non-hydrogen) atoms. The summed E-state index contributed by atoms with van der Waals surface area (Å²) >= 11 is 0. The van der Waals surface area contributed by atoms with Crippen LogP contribution in [0.4, 0.5) is 10.2 Å². The minimum absolute atomic E-state index is 0.0568. The Labute approximate surface area is 94.5 Å². The number of hydrogen-bond acceptors (Lipinski definition) is 4. The summed E-state index contributed by atoms with van der Waals surface area (Å²) in [6.07, 6.45) is 3.50. The Bertz CT molecular complexity index is 357. The van der Waals surface area contributed by atoms with E-state index >= 15 is 0 Å². The van der Waals surface area contributed by atoms with Gasteiger partial charge in [-0.05, 0) is 6.42 Å². The third-order valence-corrected chi connectivity index (χ3v) is 2.20. The summed E-state index contributed by atoms with van der Waals surface area (Å²) in [5.41, 5.74) is 0.386. The van der Waals surface area contributed by atoms with Crippen LogP contribution in [0.1, 0.15) is 12.6 Å². The first-order valence-electron chi connectivity index (χ1n) is 5.20. The predicted molar refractivity (Wildman–Crippen MR) is 60.9 cm³/mol. The van der Waals surface area contributed by atoms with E-state index in [4.69, 9.17) is 5.11 Å². The van der Waals surface area contributed by atoms with Crippen molar-refractivity contribution in [2.24, 2.45) is 0 Å². The lowest BCUT2D eigenvalue weighted by molar-refractivity contribution is 0.302. The Morgan fingerprint density at radius 2 is 2.31 bits per heavy atom. The van der Waals surface area contributed by atoms with Crippen LogP contribution >= 0.6 is 0 Å². The largest absolute Gasteiger partial charge is 0.395 e. The monoisotopic (exact) mass is 225 g/mol. The van der Waals surface area contributed by atoms with Crippen molar-refractivity contribution in [1.29, 1.82) is 0 Å². The summed E-state index contributed by atoms with van der Waals surface area (Å²) < 4.78 is 13.9. The number of aliphatic hydroxyl groups excluding tert-OH is 1. The first kappa shape index (κ1) is 12.6. The van der Waals surface area contributed by atoms with Gasteiger partial charge in [0.1, 0.15) is 6.33 Å². The van der Waals surface area contributed by atoms with Crippen molar-refractivity contribution in [3.05, 3.63) is 30.5 Å². The molecule has 0 amide bonds. The van der Waals surface area contributed by atoms with E-state index in [2.05, 4.69) is 16.5 Å². The summed E-state index contributed by atoms with van der Waals surface area (Å²) in [6, 6.07) is 0. The number of halogens is 1. The molecule has 0 saturated carbocycles. The maximum Gasteiger partial charge on any atom is 0.187 e. The molecule has 0 aliphatic rings. The van der Waals surface area contributed by atoms with Crippen molar-refractivity contribution in [2.75, 3.05) is 24.6 Å². The molecule has 1 rings (SSSR count). The highest BCUT2D eigenvalue weighted by molar-refractivity contribution is 5.41. The zero-order valence-electron chi connectivity index (χ0n) is 9.36. The standard InChI is InChI=1S/C11H16FN3O/c1-3-5-15(6-7-16)11-10(12)9(4-2)13-8-14-11/h3,8,16H,1,4-7H2,2H3. The second-order valence-electron chi connectivity index (χ2n) is 3.27. The van der Waals surface area contributed by atoms with E-state index in [0.29, 0.717) is 25.2 Å². The number of anilines is 1. The fourth-order valence-electron chi connectivity index (χ4n) is 1.42. The van der Waals surface area contributed by atoms with Gasteiger partial charge in [-0.1, -0.05) is 13.0 Å². The summed E-state index contributed by atoms with van der Waals surface area (Å²) in [4.78, 5) is 9.39. The van der Waals surface area contributed by atoms with Crippen LogP contribution in [-0.2, 0) is 6.42 Å². The van der Waals surface area contributed by atoms with E-state index in [-0.39, 0.29) is 12.4 Å². The Kier molecular flexibility index (Phi) is 4.85. The van der Waals surface area contributed by atoms with Crippen LogP contribution in [0.5, 0.6) is 0 Å². The van der Waals surface area contributed by atoms with Gasteiger partial charge in [0.25, 0.3) is 0 Å². The molecule has 0 aliphatic carbocycles. The van der Waals surface area contributed by atoms with Crippen molar-refractivity contribution in [3.63, 3.8) is 0 Å². The van der Waals surface area contributed by atoms with Crippen LogP contribution in [0.15, 0.2) is 19.0 Å². The van der Waals surface area contributed by atoms with Crippen LogP contribution in [0.25, 0.3) is 0 Å². The van der Waals surface area contributed by atoms with Crippen molar-refractivity contribution in [2.45, 2.75) is 13.3 Å². The average molecular weight is 225 g/mol. The van der Waals surface area contributed by atoms with Gasteiger partial charge in [0, 0.05) is 13.1 Å². The third kappa shape index (κ3) is 2.76. The third-order valence-electron chi connectivity index (χ3n) is 2.20. The van der Waals surface area contributed by atoms with Gasteiger partial charge in [-0.3, -0.25) is 0 Å². The average Bonchev–Trinajstić information content (AvgIpc) is 2.29. The highest BCUT2D eigenvalue weighted by Crippen LogP contribution is 2.17. The zero-order valence-corrected chi connectivity index (χ0v) is 9.36. The van der Waals surface area contributed by atoms with Gasteiger partial charge in [-0.25, -0.2) is 14.4 Å². The second-order valence-corrected chi connectivity index (χ2v) is 3.27. The maximum absolute atomic E-state index is 13.9. The molecule has 0 saturated heterocycles. The highest BCUT2D eigenvalue weighted by Gasteiger charge is 2.15. The number of aromatic nitrogens is 2. The molecule has 4 nitrogen and oxygen atoms in total. The highest BCUT2D eigenvalue weighted by atomic mass is 19.1. The van der Waals surface area contributed by atoms with E-state index in [1.165, 1.54) is 6.33 Å². The number of aliphatic hydroxyl groups is 1. The van der Waals surface area contributed by atoms with Gasteiger partial charge >= 0.3 is 0 Å². The Morgan fingerprint density at radius 3 is 2.88 bits per heavy atom. The van der Waals surface area contributed by atoms with E-state index in [9.17, 15) is 4.39 Å². The molecular formula is C11H16FN3O. The summed E-state index contributed by atoms with van der Waals surface area (Å²) in [6.45, 7) is 6.13. The van der Waals surface area contributed by atoms with E-state index in [1.807, 2.05) is 6.92 Å². The number of aryl methyl sites for hydroxylation is 1. The van der Waals surface area contributed by atoms with Crippen molar-refractivity contribution >= 4 is 5.82 Å². The molecule has 0 aromatic carbocycles. The normalized spacial score (nSPS) is 10.2. The number of nitrogens with zero attached hydrogens (tertiary/aromatic N) is 3. The zero-order chi connectivity index (χ0) is 12.0. The molecule has 1 N–H and O–H groups in total. The molecule has 88 valence electrons. The van der Waals surface area contributed by atoms with Gasteiger partial charge < -0.3 is 10.0 Å². The van der Waals surface area contributed by atoms with Gasteiger partial charge in [0.05, 0.1) is 12.3 Å². The Balaban J connectivity index is 3.02. The van der Waals surface area contributed by atoms with Crippen LogP contribution in [0.2, 0.25) is 0 Å². The van der Waals surface area contributed by atoms with E-state index in [0.717, 1.165) is 0 Å². The molecule has 5 heteroatoms. The van der Waals surface area contributed by atoms with Crippen molar-refractivity contribution < 1.29 is 9.50 Å². The molecule has 0 fully saturated rings. The molecule has 1 aromatic rings. The molecule has 0 spiro atoms. The predicted octanol–water partition coefficient (Wildman–Crippen LogP) is 1.16. The molecule has 0 unspecified atom stereocenters. The SMILES string of the molecule is C=CCN(CCO)c1ncnc(CC)c1F. The lowest BCUT2D eigenvalue weighted by Gasteiger charge is -2.21. The fraction of sp³-hybridized carbons (Fsp3) is 0.455. The van der Waals surface area contributed by atoms with Crippen LogP contribution in [0, 0.1) is 5.82 Å². The van der Waals surface area contributed by atoms with E-state index in [1.54, 1.807) is 11.0 Å². The number of rotatable bonds is 6. The van der Waals surface area contributed by atoms with Crippen molar-refractivity contribution in [1.82, 2.24) is 9.97 Å². The van der Waals surface area contributed by atoms with Crippen LogP contribution < -0.4 is 4.90 Å². The van der Waals surface area contributed by atoms with Gasteiger partial charge in [0.15, 0.2) is 11.6 Å². The summed E-state index contributed by atoms with van der Waals surface area (Å²) in [5, 5.41) is 8.90. The van der Waals surface area contributed by atoms with Gasteiger partial charge in [0.2, 0.25) is 0 Å². The summed E-state index contributed by atoms with van der Waals surface area (Å²) in [5.74, 6) is -0.193. The number of hydrogen-bond donors (Lipinski definition) is 1. The molecule has 0 atom stereocenters. The minimum atomic E-state index is -0.416. The molecule has 0 bridgehead atoms. The lowest BCUT2D eigenvalue weighted by Crippen LogP contribution is -2.29. The molecular weight excluding hydrogens is 209 g/mol. The molecule has 0 aliphatic heterocycles. The summed E-state index contributed by atoms with van der Waals surface area (Å²) in [7, 11) is 0. The maximum atomic E-state index is 13.9. The quantitative estimate of drug-likeness (QED) is 0.738. The molecule has 1 aromatic heterocycles. The second kappa shape index (κ2) is 6.17. The minimum Gasteiger partial charge on any atom is -0.395 e. The molecule has 0 radical (unpaired) electrons. The molecule has 1 heterocycles. The van der Waals surface area contributed by atoms with Crippen LogP contribution in [0.3, 0.4) is 0 Å². The van der Waals surface area contributed by atoms with Crippen LogP contribution in [-0.4, -0.2) is 34.8 Å². The smallest absolute Gasteiger partial charge is 0.187 e. The first-order valence-corrected chi connectivity index (χ1v) is 5.20.